The normalized spacial score (nSPS) is 14.4. The van der Waals surface area contributed by atoms with Gasteiger partial charge in [0.2, 0.25) is 0 Å². The van der Waals surface area contributed by atoms with Crippen molar-refractivity contribution in [2.45, 2.75) is 133 Å². The van der Waals surface area contributed by atoms with E-state index in [0.29, 0.717) is 12.1 Å². The summed E-state index contributed by atoms with van der Waals surface area (Å²) in [7, 11) is 0. The summed E-state index contributed by atoms with van der Waals surface area (Å²) in [5.41, 5.74) is 0.331. The zero-order valence-electron chi connectivity index (χ0n) is 23.7. The van der Waals surface area contributed by atoms with Crippen molar-refractivity contribution >= 4 is 13.6 Å². The van der Waals surface area contributed by atoms with E-state index in [-0.39, 0.29) is 42.6 Å². The van der Waals surface area contributed by atoms with Gasteiger partial charge in [-0.3, -0.25) is 13.6 Å². The van der Waals surface area contributed by atoms with E-state index in [0.717, 1.165) is 38.8 Å². The first-order valence-corrected chi connectivity index (χ1v) is 12.0. The van der Waals surface area contributed by atoms with Crippen LogP contribution in [0.1, 0.15) is 109 Å². The van der Waals surface area contributed by atoms with E-state index in [1.807, 2.05) is 0 Å². The number of hydrogen-bond acceptors (Lipinski definition) is 2. The Morgan fingerprint density at radius 3 is 1.00 bits per heavy atom. The first-order valence-electron chi connectivity index (χ1n) is 12.0. The maximum absolute atomic E-state index is 7.75. The molecule has 7 heteroatoms. The van der Waals surface area contributed by atoms with Crippen molar-refractivity contribution < 1.29 is 29.1 Å². The third-order valence-electron chi connectivity index (χ3n) is 4.57. The van der Waals surface area contributed by atoms with Gasteiger partial charge in [0.1, 0.15) is 0 Å². The molecule has 0 spiro atoms. The number of nitrogens with zero attached hydrogens (tertiary/aromatic N) is 4. The number of rotatable bonds is 12. The van der Waals surface area contributed by atoms with Crippen molar-refractivity contribution in [3.63, 3.8) is 0 Å². The molecule has 198 valence electrons. The predicted octanol–water partition coefficient (Wildman–Crippen LogP) is 8.08. The van der Waals surface area contributed by atoms with Crippen LogP contribution in [0.4, 0.5) is 0 Å². The van der Waals surface area contributed by atoms with E-state index in [9.17, 15) is 0 Å². The molecule has 0 radical (unpaired) electrons. The third-order valence-corrected chi connectivity index (χ3v) is 4.57. The molecule has 0 saturated heterocycles. The standard InChI is InChI=1S/2C12H26N2.2CHO.Ru/c2*1-7-9-13-11(12(4,5)6)14-10(3)8-2;2*1-2;/h2*10-11H,7-9H2,1-6H3;2*1H;/q2*-2;2*-1;+6. The second-order valence-corrected chi connectivity index (χ2v) is 10.1. The van der Waals surface area contributed by atoms with Gasteiger partial charge in [-0.2, -0.15) is 13.1 Å². The van der Waals surface area contributed by atoms with Crippen molar-refractivity contribution in [1.29, 1.82) is 0 Å². The van der Waals surface area contributed by atoms with Gasteiger partial charge in [-0.05, 0) is 0 Å². The smallest absolute Gasteiger partial charge is 0.677 e. The summed E-state index contributed by atoms with van der Waals surface area (Å²) < 4.78 is 0. The molecule has 0 amide bonds. The largest absolute Gasteiger partial charge is 6.00 e. The minimum absolute atomic E-state index is 0. The molecule has 0 aromatic rings. The number of carbonyl (C=O) groups excluding carboxylic acids is 2. The van der Waals surface area contributed by atoms with E-state index in [1.165, 1.54) is 0 Å². The van der Waals surface area contributed by atoms with Crippen LogP contribution in [0, 0.1) is 10.8 Å². The maximum Gasteiger partial charge on any atom is 6.00 e. The first kappa shape index (κ1) is 42.9. The fourth-order valence-corrected chi connectivity index (χ4v) is 2.28. The second-order valence-electron chi connectivity index (χ2n) is 10.1. The Morgan fingerprint density at radius 1 is 0.606 bits per heavy atom. The van der Waals surface area contributed by atoms with Gasteiger partial charge in [0.15, 0.2) is 0 Å². The Morgan fingerprint density at radius 2 is 0.848 bits per heavy atom. The molecule has 0 aliphatic heterocycles. The maximum atomic E-state index is 7.75. The zero-order chi connectivity index (χ0) is 26.4. The molecule has 0 aliphatic rings. The summed E-state index contributed by atoms with van der Waals surface area (Å²) in [6.07, 6.45) is 4.77. The van der Waals surface area contributed by atoms with Gasteiger partial charge < -0.3 is 30.9 Å². The van der Waals surface area contributed by atoms with Crippen molar-refractivity contribution in [2.24, 2.45) is 10.8 Å². The van der Waals surface area contributed by atoms with Gasteiger partial charge in [0.05, 0.1) is 0 Å². The van der Waals surface area contributed by atoms with Gasteiger partial charge in [-0.15, -0.1) is 12.1 Å². The molecule has 0 saturated carbocycles. The fraction of sp³-hybridized carbons (Fsp3) is 0.923. The summed E-state index contributed by atoms with van der Waals surface area (Å²) in [5.74, 6) is 0. The molecule has 6 nitrogen and oxygen atoms in total. The molecule has 4 atom stereocenters. The Bertz CT molecular complexity index is 351. The van der Waals surface area contributed by atoms with Crippen LogP contribution in [0.25, 0.3) is 21.3 Å². The predicted molar refractivity (Wildman–Crippen MR) is 143 cm³/mol. The van der Waals surface area contributed by atoms with Crippen molar-refractivity contribution in [3.8, 4) is 0 Å². The summed E-state index contributed by atoms with van der Waals surface area (Å²) >= 11 is 0. The van der Waals surface area contributed by atoms with Crippen molar-refractivity contribution in [1.82, 2.24) is 0 Å². The SMILES string of the molecule is CCC[N-]C([N-]C(C)CC)C(C)(C)C.CCC[N-]C([N-]C(C)CC)C(C)(C)C.[CH-]=O.[CH-]=O.[Ru+6]. The molecular weight excluding hydrogens is 501 g/mol. The van der Waals surface area contributed by atoms with Crippen LogP contribution in [-0.4, -0.2) is 51.1 Å². The van der Waals surface area contributed by atoms with Crippen LogP contribution in [0.3, 0.4) is 0 Å². The van der Waals surface area contributed by atoms with E-state index >= 15 is 0 Å². The monoisotopic (exact) mass is 556 g/mol. The van der Waals surface area contributed by atoms with Crippen LogP contribution < -0.4 is 0 Å². The molecule has 4 unspecified atom stereocenters. The molecule has 33 heavy (non-hydrogen) atoms. The summed E-state index contributed by atoms with van der Waals surface area (Å²) in [6.45, 7) is 34.6. The minimum atomic E-state index is 0. The van der Waals surface area contributed by atoms with Crippen LogP contribution in [0.5, 0.6) is 0 Å². The van der Waals surface area contributed by atoms with Gasteiger partial charge >= 0.3 is 19.5 Å². The first-order chi connectivity index (χ1) is 14.8. The third kappa shape index (κ3) is 27.9. The van der Waals surface area contributed by atoms with E-state index in [1.54, 1.807) is 0 Å². The van der Waals surface area contributed by atoms with Crippen LogP contribution in [-0.2, 0) is 29.1 Å². The van der Waals surface area contributed by atoms with Gasteiger partial charge in [-0.1, -0.05) is 120 Å². The summed E-state index contributed by atoms with van der Waals surface area (Å²) in [6, 6.07) is 0.861. The molecular formula is C26H54N4O2Ru. The Hall–Kier alpha value is -0.197. The Balaban J connectivity index is -0.000000134. The minimum Gasteiger partial charge on any atom is -0.677 e. The molecule has 0 fully saturated rings. The molecule has 0 aromatic heterocycles. The average molecular weight is 556 g/mol. The van der Waals surface area contributed by atoms with Gasteiger partial charge in [-0.25, -0.2) is 12.3 Å². The Kier molecular flexibility index (Phi) is 34.3. The fourth-order valence-electron chi connectivity index (χ4n) is 2.28. The molecule has 0 bridgehead atoms. The summed E-state index contributed by atoms with van der Waals surface area (Å²) in [4.78, 5) is 15.5. The van der Waals surface area contributed by atoms with Gasteiger partial charge in [0.25, 0.3) is 0 Å². The quantitative estimate of drug-likeness (QED) is 0.138. The van der Waals surface area contributed by atoms with Crippen molar-refractivity contribution in [2.75, 3.05) is 13.1 Å². The topological polar surface area (TPSA) is 90.5 Å². The van der Waals surface area contributed by atoms with Crippen LogP contribution in [0.2, 0.25) is 0 Å². The molecule has 0 aliphatic carbocycles. The summed E-state index contributed by atoms with van der Waals surface area (Å²) in [5, 5.41) is 18.7. The second kappa shape index (κ2) is 26.4. The van der Waals surface area contributed by atoms with Crippen LogP contribution in [0.15, 0.2) is 0 Å². The van der Waals surface area contributed by atoms with E-state index in [2.05, 4.69) is 107 Å². The number of hydrogen-bond donors (Lipinski definition) is 0. The molecule has 0 rings (SSSR count). The molecule has 0 heterocycles. The van der Waals surface area contributed by atoms with Crippen molar-refractivity contribution in [3.05, 3.63) is 21.3 Å². The Labute approximate surface area is 220 Å². The van der Waals surface area contributed by atoms with Crippen LogP contribution >= 0.6 is 0 Å². The molecule has 0 aromatic carbocycles. The average Bonchev–Trinajstić information content (AvgIpc) is 2.75. The van der Waals surface area contributed by atoms with E-state index in [4.69, 9.17) is 20.2 Å². The van der Waals surface area contributed by atoms with E-state index < -0.39 is 0 Å². The zero-order valence-corrected chi connectivity index (χ0v) is 25.4. The van der Waals surface area contributed by atoms with Gasteiger partial charge in [0, 0.05) is 0 Å². The molecule has 0 N–H and O–H groups in total.